The third-order valence-corrected chi connectivity index (χ3v) is 7.56. The van der Waals surface area contributed by atoms with Crippen LogP contribution in [0.2, 0.25) is 0 Å². The van der Waals surface area contributed by atoms with Crippen molar-refractivity contribution in [1.82, 2.24) is 19.4 Å². The van der Waals surface area contributed by atoms with Crippen LogP contribution >= 0.6 is 0 Å². The summed E-state index contributed by atoms with van der Waals surface area (Å²) in [5.74, 6) is 1.56. The average Bonchev–Trinajstić information content (AvgIpc) is 3.44. The van der Waals surface area contributed by atoms with Gasteiger partial charge in [-0.1, -0.05) is 13.8 Å². The Balaban J connectivity index is 1.49. The first-order valence-electron chi connectivity index (χ1n) is 13.6. The van der Waals surface area contributed by atoms with Gasteiger partial charge in [-0.15, -0.1) is 0 Å². The van der Waals surface area contributed by atoms with Crippen LogP contribution < -0.4 is 15.0 Å². The zero-order valence-electron chi connectivity index (χ0n) is 24.1. The third kappa shape index (κ3) is 5.60. The van der Waals surface area contributed by atoms with Gasteiger partial charge in [0, 0.05) is 55.1 Å². The van der Waals surface area contributed by atoms with Crippen molar-refractivity contribution in [2.75, 3.05) is 30.9 Å². The predicted molar refractivity (Wildman–Crippen MR) is 157 cm³/mol. The van der Waals surface area contributed by atoms with Crippen LogP contribution in [0.1, 0.15) is 53.6 Å². The monoisotopic (exact) mass is 556 g/mol. The standard InChI is InChI=1S/C31H36N6O4/c1-20(34-28-7-6-23(41-5)16-33-28)12-22(17-35(4)19-39)24-8-9-32-29(25(24)18-38)37-11-10-36-26(30(37)40)13-21-14-31(2,3)15-27(21)36/h6-9,12-13,16-17,19,38H,10-11,14-15,18H2,1-5H3,(H,33,34)/b20-12+,22-17+. The molecule has 2 N–H and O–H groups in total. The molecule has 5 rings (SSSR count). The van der Waals surface area contributed by atoms with Gasteiger partial charge in [-0.2, -0.15) is 0 Å². The highest BCUT2D eigenvalue weighted by Gasteiger charge is 2.37. The molecule has 10 nitrogen and oxygen atoms in total. The van der Waals surface area contributed by atoms with E-state index >= 15 is 0 Å². The molecular formula is C31H36N6O4. The number of aliphatic hydroxyl groups excluding tert-OH is 1. The van der Waals surface area contributed by atoms with Crippen LogP contribution in [0.15, 0.2) is 54.6 Å². The molecule has 0 atom stereocenters. The van der Waals surface area contributed by atoms with Crippen molar-refractivity contribution < 1.29 is 19.4 Å². The average molecular weight is 557 g/mol. The maximum Gasteiger partial charge on any atom is 0.276 e. The number of aromatic nitrogens is 3. The fourth-order valence-electron chi connectivity index (χ4n) is 5.73. The maximum atomic E-state index is 13.8. The Kier molecular flexibility index (Phi) is 7.68. The lowest BCUT2D eigenvalue weighted by molar-refractivity contribution is -0.114. The summed E-state index contributed by atoms with van der Waals surface area (Å²) >= 11 is 0. The molecule has 0 saturated heterocycles. The van der Waals surface area contributed by atoms with Gasteiger partial charge in [-0.05, 0) is 66.6 Å². The second kappa shape index (κ2) is 11.2. The highest BCUT2D eigenvalue weighted by atomic mass is 16.5. The summed E-state index contributed by atoms with van der Waals surface area (Å²) in [5, 5.41) is 13.8. The van der Waals surface area contributed by atoms with E-state index in [0.717, 1.165) is 18.5 Å². The second-order valence-corrected chi connectivity index (χ2v) is 11.3. The number of nitrogens with zero attached hydrogens (tertiary/aromatic N) is 5. The van der Waals surface area contributed by atoms with Crippen molar-refractivity contribution in [3.8, 4) is 5.75 Å². The Labute approximate surface area is 240 Å². The molecule has 0 radical (unpaired) electrons. The van der Waals surface area contributed by atoms with Crippen LogP contribution in [0.5, 0.6) is 5.75 Å². The van der Waals surface area contributed by atoms with Gasteiger partial charge in [0.25, 0.3) is 5.91 Å². The molecule has 3 aromatic rings. The van der Waals surface area contributed by atoms with E-state index in [-0.39, 0.29) is 17.9 Å². The fourth-order valence-corrected chi connectivity index (χ4v) is 5.73. The molecule has 0 fully saturated rings. The van der Waals surface area contributed by atoms with Crippen molar-refractivity contribution in [2.24, 2.45) is 5.41 Å². The van der Waals surface area contributed by atoms with E-state index in [1.165, 1.54) is 16.2 Å². The highest BCUT2D eigenvalue weighted by Crippen LogP contribution is 2.40. The maximum absolute atomic E-state index is 13.8. The number of methoxy groups -OCH3 is 1. The Morgan fingerprint density at radius 2 is 2.02 bits per heavy atom. The first-order valence-corrected chi connectivity index (χ1v) is 13.6. The zero-order valence-corrected chi connectivity index (χ0v) is 24.1. The van der Waals surface area contributed by atoms with Crippen molar-refractivity contribution in [3.63, 3.8) is 0 Å². The molecule has 0 spiro atoms. The number of allylic oxidation sites excluding steroid dienone is 3. The van der Waals surface area contributed by atoms with Gasteiger partial charge >= 0.3 is 0 Å². The zero-order chi connectivity index (χ0) is 29.3. The number of hydrogen-bond donors (Lipinski definition) is 2. The van der Waals surface area contributed by atoms with Crippen molar-refractivity contribution in [2.45, 2.75) is 46.8 Å². The molecule has 0 bridgehead atoms. The van der Waals surface area contributed by atoms with Gasteiger partial charge in [-0.25, -0.2) is 9.97 Å². The SMILES string of the molecule is COc1ccc(N/C(C)=C/C(=C\N(C)C=O)c2ccnc(N3CCn4c(cc5c4CC(C)(C)C5)C3=O)c2CO)nc1. The predicted octanol–water partition coefficient (Wildman–Crippen LogP) is 4.01. The molecule has 4 heterocycles. The largest absolute Gasteiger partial charge is 0.495 e. The third-order valence-electron chi connectivity index (χ3n) is 7.56. The number of carbonyl (C=O) groups excluding carboxylic acids is 2. The lowest BCUT2D eigenvalue weighted by Gasteiger charge is -2.31. The van der Waals surface area contributed by atoms with E-state index < -0.39 is 0 Å². The van der Waals surface area contributed by atoms with Crippen molar-refractivity contribution in [3.05, 3.63) is 82.7 Å². The number of fused-ring (bicyclic) bond motifs is 3. The van der Waals surface area contributed by atoms with Crippen molar-refractivity contribution in [1.29, 1.82) is 0 Å². The van der Waals surface area contributed by atoms with E-state index in [1.54, 1.807) is 55.9 Å². The van der Waals surface area contributed by atoms with Crippen LogP contribution in [-0.4, -0.2) is 57.6 Å². The van der Waals surface area contributed by atoms with Gasteiger partial charge in [0.1, 0.15) is 23.1 Å². The second-order valence-electron chi connectivity index (χ2n) is 11.3. The number of pyridine rings is 2. The number of aliphatic hydroxyl groups is 1. The van der Waals surface area contributed by atoms with Crippen LogP contribution in [0.3, 0.4) is 0 Å². The molecule has 0 unspecified atom stereocenters. The molecule has 214 valence electrons. The highest BCUT2D eigenvalue weighted by molar-refractivity contribution is 6.06. The quantitative estimate of drug-likeness (QED) is 0.303. The summed E-state index contributed by atoms with van der Waals surface area (Å²) in [7, 11) is 3.22. The number of rotatable bonds is 9. The number of carbonyl (C=O) groups is 2. The summed E-state index contributed by atoms with van der Waals surface area (Å²) in [4.78, 5) is 37.3. The molecular weight excluding hydrogens is 520 g/mol. The fraction of sp³-hybridized carbons (Fsp3) is 0.355. The summed E-state index contributed by atoms with van der Waals surface area (Å²) < 4.78 is 7.33. The summed E-state index contributed by atoms with van der Waals surface area (Å²) in [6.07, 6.45) is 9.39. The molecule has 2 amide bonds. The first kappa shape index (κ1) is 28.1. The molecule has 0 saturated carbocycles. The van der Waals surface area contributed by atoms with E-state index in [4.69, 9.17) is 4.74 Å². The normalized spacial score (nSPS) is 16.3. The van der Waals surface area contributed by atoms with Crippen LogP contribution in [0.4, 0.5) is 11.6 Å². The lowest BCUT2D eigenvalue weighted by atomic mass is 9.90. The minimum absolute atomic E-state index is 0.127. The minimum Gasteiger partial charge on any atom is -0.495 e. The number of anilines is 2. The molecule has 2 aliphatic rings. The van der Waals surface area contributed by atoms with Gasteiger partial charge in [-0.3, -0.25) is 14.5 Å². The molecule has 3 aromatic heterocycles. The van der Waals surface area contributed by atoms with E-state index in [1.807, 2.05) is 19.1 Å². The Morgan fingerprint density at radius 1 is 1.22 bits per heavy atom. The Hall–Kier alpha value is -4.44. The van der Waals surface area contributed by atoms with Gasteiger partial charge in [0.15, 0.2) is 0 Å². The molecule has 10 heteroatoms. The van der Waals surface area contributed by atoms with Gasteiger partial charge < -0.3 is 24.6 Å². The molecule has 0 aromatic carbocycles. The van der Waals surface area contributed by atoms with Crippen LogP contribution in [0.25, 0.3) is 5.57 Å². The number of ether oxygens (including phenoxy) is 1. The molecule has 1 aliphatic carbocycles. The topological polar surface area (TPSA) is 113 Å². The number of nitrogens with one attached hydrogen (secondary N) is 1. The summed E-state index contributed by atoms with van der Waals surface area (Å²) in [5.41, 5.74) is 5.93. The van der Waals surface area contributed by atoms with E-state index in [2.05, 4.69) is 33.7 Å². The van der Waals surface area contributed by atoms with Gasteiger partial charge in [0.2, 0.25) is 6.41 Å². The molecule has 41 heavy (non-hydrogen) atoms. The lowest BCUT2D eigenvalue weighted by Crippen LogP contribution is -2.41. The first-order chi connectivity index (χ1) is 19.6. The van der Waals surface area contributed by atoms with Crippen molar-refractivity contribution >= 4 is 29.5 Å². The Bertz CT molecular complexity index is 1540. The number of amides is 2. The summed E-state index contributed by atoms with van der Waals surface area (Å²) in [6, 6.07) is 7.41. The minimum atomic E-state index is -0.337. The van der Waals surface area contributed by atoms with Crippen LogP contribution in [0, 0.1) is 5.41 Å². The van der Waals surface area contributed by atoms with Gasteiger partial charge in [0.05, 0.1) is 19.9 Å². The van der Waals surface area contributed by atoms with E-state index in [9.17, 15) is 14.7 Å². The van der Waals surface area contributed by atoms with Crippen LogP contribution in [-0.2, 0) is 30.8 Å². The molecule has 1 aliphatic heterocycles. The number of hydrogen-bond acceptors (Lipinski definition) is 7. The smallest absolute Gasteiger partial charge is 0.276 e. The summed E-state index contributed by atoms with van der Waals surface area (Å²) in [6.45, 7) is 7.17. The Morgan fingerprint density at radius 3 is 2.71 bits per heavy atom. The van der Waals surface area contributed by atoms with E-state index in [0.29, 0.717) is 59.3 Å².